The van der Waals surface area contributed by atoms with E-state index in [9.17, 15) is 0 Å². The number of imidazole rings is 1. The Morgan fingerprint density at radius 3 is 3.05 bits per heavy atom. The van der Waals surface area contributed by atoms with E-state index in [1.807, 2.05) is 12.4 Å². The Hall–Kier alpha value is -1.03. The average molecular weight is 265 g/mol. The first-order chi connectivity index (χ1) is 9.02. The summed E-state index contributed by atoms with van der Waals surface area (Å²) >= 11 is 0. The van der Waals surface area contributed by atoms with E-state index < -0.39 is 0 Å². The molecule has 108 valence electrons. The second-order valence-electron chi connectivity index (χ2n) is 6.56. The minimum absolute atomic E-state index is 0.312. The summed E-state index contributed by atoms with van der Waals surface area (Å²) in [6.45, 7) is 7.59. The Labute approximate surface area is 116 Å². The molecule has 4 heteroatoms. The van der Waals surface area contributed by atoms with Gasteiger partial charge in [-0.2, -0.15) is 0 Å². The van der Waals surface area contributed by atoms with Gasteiger partial charge in [-0.15, -0.1) is 0 Å². The summed E-state index contributed by atoms with van der Waals surface area (Å²) in [6, 6.07) is 0.853. The van der Waals surface area contributed by atoms with Gasteiger partial charge in [-0.25, -0.2) is 4.98 Å². The van der Waals surface area contributed by atoms with E-state index >= 15 is 0 Å². The fourth-order valence-corrected chi connectivity index (χ4v) is 3.11. The Bertz CT molecular complexity index is 400. The maximum atomic E-state index is 5.23. The van der Waals surface area contributed by atoms with Gasteiger partial charge in [0, 0.05) is 25.5 Å². The predicted octanol–water partition coefficient (Wildman–Crippen LogP) is 3.47. The third kappa shape index (κ3) is 3.72. The third-order valence-electron chi connectivity index (χ3n) is 4.09. The minimum Gasteiger partial charge on any atom is -0.383 e. The second-order valence-corrected chi connectivity index (χ2v) is 6.56. The van der Waals surface area contributed by atoms with Crippen LogP contribution < -0.4 is 5.32 Å². The van der Waals surface area contributed by atoms with Crippen LogP contribution in [-0.4, -0.2) is 29.3 Å². The number of hydrogen-bond acceptors (Lipinski definition) is 3. The lowest BCUT2D eigenvalue weighted by molar-refractivity contribution is 0.162. The van der Waals surface area contributed by atoms with Crippen molar-refractivity contribution in [3.8, 4) is 0 Å². The fourth-order valence-electron chi connectivity index (χ4n) is 3.11. The molecular weight excluding hydrogens is 238 g/mol. The third-order valence-corrected chi connectivity index (χ3v) is 4.09. The highest BCUT2D eigenvalue weighted by molar-refractivity contribution is 5.28. The van der Waals surface area contributed by atoms with Crippen LogP contribution in [0, 0.1) is 5.41 Å². The summed E-state index contributed by atoms with van der Waals surface area (Å²) in [5.41, 5.74) is 0.450. The predicted molar refractivity (Wildman–Crippen MR) is 78.5 cm³/mol. The van der Waals surface area contributed by atoms with Gasteiger partial charge < -0.3 is 14.6 Å². The molecule has 2 atom stereocenters. The molecule has 1 aliphatic carbocycles. The zero-order valence-electron chi connectivity index (χ0n) is 12.6. The fraction of sp³-hybridized carbons (Fsp3) is 0.800. The normalized spacial score (nSPS) is 24.1. The molecule has 0 saturated heterocycles. The molecule has 1 N–H and O–H groups in total. The Kier molecular flexibility index (Phi) is 4.50. The van der Waals surface area contributed by atoms with Crippen molar-refractivity contribution in [2.45, 2.75) is 58.5 Å². The molecule has 2 rings (SSSR count). The molecule has 4 nitrogen and oxygen atoms in total. The Morgan fingerprint density at radius 1 is 1.58 bits per heavy atom. The largest absolute Gasteiger partial charge is 0.383 e. The Morgan fingerprint density at radius 2 is 2.37 bits per heavy atom. The van der Waals surface area contributed by atoms with E-state index in [-0.39, 0.29) is 0 Å². The molecule has 2 unspecified atom stereocenters. The number of methoxy groups -OCH3 is 1. The first kappa shape index (κ1) is 14.4. The van der Waals surface area contributed by atoms with E-state index in [0.717, 1.165) is 5.95 Å². The highest BCUT2D eigenvalue weighted by Crippen LogP contribution is 2.36. The highest BCUT2D eigenvalue weighted by atomic mass is 16.5. The average Bonchev–Trinajstić information content (AvgIpc) is 2.76. The molecule has 1 heterocycles. The van der Waals surface area contributed by atoms with E-state index in [4.69, 9.17) is 4.74 Å². The van der Waals surface area contributed by atoms with Crippen LogP contribution in [0.4, 0.5) is 5.95 Å². The van der Waals surface area contributed by atoms with E-state index in [1.165, 1.54) is 25.7 Å². The summed E-state index contributed by atoms with van der Waals surface area (Å²) in [5, 5.41) is 3.62. The lowest BCUT2D eigenvalue weighted by Crippen LogP contribution is -2.33. The van der Waals surface area contributed by atoms with Crippen LogP contribution in [0.1, 0.15) is 52.5 Å². The molecule has 1 fully saturated rings. The smallest absolute Gasteiger partial charge is 0.203 e. The number of anilines is 1. The molecule has 0 aliphatic heterocycles. The zero-order valence-corrected chi connectivity index (χ0v) is 12.6. The quantitative estimate of drug-likeness (QED) is 0.886. The number of aromatic nitrogens is 2. The van der Waals surface area contributed by atoms with Gasteiger partial charge in [0.05, 0.1) is 12.6 Å². The first-order valence-corrected chi connectivity index (χ1v) is 7.30. The Balaban J connectivity index is 2.01. The maximum Gasteiger partial charge on any atom is 0.203 e. The van der Waals surface area contributed by atoms with Crippen molar-refractivity contribution in [2.24, 2.45) is 5.41 Å². The van der Waals surface area contributed by atoms with Crippen molar-refractivity contribution >= 4 is 5.95 Å². The lowest BCUT2D eigenvalue weighted by atomic mass is 9.75. The minimum atomic E-state index is 0.312. The van der Waals surface area contributed by atoms with Crippen molar-refractivity contribution in [2.75, 3.05) is 19.0 Å². The summed E-state index contributed by atoms with van der Waals surface area (Å²) in [6.07, 6.45) is 8.99. The SMILES string of the molecule is COCC(C)n1ccnc1NC1CCCC(C)(C)C1. The molecule has 19 heavy (non-hydrogen) atoms. The van der Waals surface area contributed by atoms with E-state index in [2.05, 4.69) is 35.6 Å². The first-order valence-electron chi connectivity index (χ1n) is 7.30. The van der Waals surface area contributed by atoms with Gasteiger partial charge in [-0.1, -0.05) is 20.3 Å². The van der Waals surface area contributed by atoms with Crippen molar-refractivity contribution in [1.82, 2.24) is 9.55 Å². The molecule has 0 radical (unpaired) electrons. The number of ether oxygens (including phenoxy) is 1. The van der Waals surface area contributed by atoms with Gasteiger partial charge in [0.2, 0.25) is 5.95 Å². The highest BCUT2D eigenvalue weighted by Gasteiger charge is 2.28. The van der Waals surface area contributed by atoms with Crippen LogP contribution in [0.25, 0.3) is 0 Å². The van der Waals surface area contributed by atoms with Gasteiger partial charge in [0.15, 0.2) is 0 Å². The molecule has 0 bridgehead atoms. The molecule has 1 saturated carbocycles. The summed E-state index contributed by atoms with van der Waals surface area (Å²) in [5.74, 6) is 0.979. The summed E-state index contributed by atoms with van der Waals surface area (Å²) in [7, 11) is 1.74. The topological polar surface area (TPSA) is 39.1 Å². The van der Waals surface area contributed by atoms with Crippen molar-refractivity contribution in [1.29, 1.82) is 0 Å². The molecule has 1 aliphatic rings. The van der Waals surface area contributed by atoms with Gasteiger partial charge in [-0.05, 0) is 31.6 Å². The lowest BCUT2D eigenvalue weighted by Gasteiger charge is -2.36. The number of nitrogens with one attached hydrogen (secondary N) is 1. The molecule has 0 amide bonds. The molecule has 1 aromatic rings. The van der Waals surface area contributed by atoms with E-state index in [1.54, 1.807) is 7.11 Å². The van der Waals surface area contributed by atoms with Crippen LogP contribution in [0.15, 0.2) is 12.4 Å². The van der Waals surface area contributed by atoms with Gasteiger partial charge in [0.1, 0.15) is 0 Å². The molecule has 0 aromatic carbocycles. The van der Waals surface area contributed by atoms with Crippen LogP contribution in [-0.2, 0) is 4.74 Å². The van der Waals surface area contributed by atoms with Gasteiger partial charge >= 0.3 is 0 Å². The van der Waals surface area contributed by atoms with Crippen molar-refractivity contribution in [3.05, 3.63) is 12.4 Å². The van der Waals surface area contributed by atoms with Crippen LogP contribution in [0.2, 0.25) is 0 Å². The molecule has 1 aromatic heterocycles. The number of hydrogen-bond donors (Lipinski definition) is 1. The monoisotopic (exact) mass is 265 g/mol. The summed E-state index contributed by atoms with van der Waals surface area (Å²) < 4.78 is 7.40. The zero-order chi connectivity index (χ0) is 13.9. The van der Waals surface area contributed by atoms with Crippen molar-refractivity contribution < 1.29 is 4.74 Å². The second kappa shape index (κ2) is 5.95. The number of rotatable bonds is 5. The standard InChI is InChI=1S/C15H27N3O/c1-12(11-19-4)18-9-8-16-14(18)17-13-6-5-7-15(2,3)10-13/h8-9,12-13H,5-7,10-11H2,1-4H3,(H,16,17). The maximum absolute atomic E-state index is 5.23. The van der Waals surface area contributed by atoms with Crippen LogP contribution in [0.5, 0.6) is 0 Å². The van der Waals surface area contributed by atoms with Crippen molar-refractivity contribution in [3.63, 3.8) is 0 Å². The van der Waals surface area contributed by atoms with Gasteiger partial charge in [0.25, 0.3) is 0 Å². The van der Waals surface area contributed by atoms with Crippen LogP contribution in [0.3, 0.4) is 0 Å². The molecular formula is C15H27N3O. The summed E-state index contributed by atoms with van der Waals surface area (Å²) in [4.78, 5) is 4.46. The number of nitrogens with zero attached hydrogens (tertiary/aromatic N) is 2. The van der Waals surface area contributed by atoms with E-state index in [0.29, 0.717) is 24.1 Å². The van der Waals surface area contributed by atoms with Crippen LogP contribution >= 0.6 is 0 Å². The van der Waals surface area contributed by atoms with Gasteiger partial charge in [-0.3, -0.25) is 0 Å². The molecule has 0 spiro atoms.